The van der Waals surface area contributed by atoms with Crippen LogP contribution >= 0.6 is 0 Å². The van der Waals surface area contributed by atoms with E-state index in [1.165, 1.54) is 6.33 Å². The van der Waals surface area contributed by atoms with E-state index in [1.807, 2.05) is 12.1 Å². The molecule has 0 amide bonds. The minimum Gasteiger partial charge on any atom is -0.482 e. The van der Waals surface area contributed by atoms with Crippen molar-refractivity contribution in [2.45, 2.75) is 25.3 Å². The first-order chi connectivity index (χ1) is 12.1. The number of fused-ring (bicyclic) bond motifs is 2. The summed E-state index contributed by atoms with van der Waals surface area (Å²) in [4.78, 5) is 32.2. The van der Waals surface area contributed by atoms with Crippen molar-refractivity contribution in [3.63, 3.8) is 0 Å². The molecule has 8 nitrogen and oxygen atoms in total. The molecule has 2 aromatic rings. The minimum atomic E-state index is -1.06. The van der Waals surface area contributed by atoms with Crippen LogP contribution in [-0.2, 0) is 9.59 Å². The number of Topliss-reactive ketones (excluding diaryl/α,β-unsaturated/α-hetero) is 1. The quantitative estimate of drug-likeness (QED) is 0.909. The van der Waals surface area contributed by atoms with Gasteiger partial charge in [0.1, 0.15) is 17.9 Å². The number of aromatic nitrogens is 3. The third-order valence-electron chi connectivity index (χ3n) is 4.53. The van der Waals surface area contributed by atoms with Crippen LogP contribution in [0.3, 0.4) is 0 Å². The van der Waals surface area contributed by atoms with Gasteiger partial charge in [0.15, 0.2) is 6.61 Å². The van der Waals surface area contributed by atoms with E-state index in [9.17, 15) is 9.59 Å². The lowest BCUT2D eigenvalue weighted by Gasteiger charge is -2.34. The average Bonchev–Trinajstić information content (AvgIpc) is 3.07. The lowest BCUT2D eigenvalue weighted by atomic mass is 9.77. The maximum absolute atomic E-state index is 12.6. The molecule has 1 fully saturated rings. The van der Waals surface area contributed by atoms with Crippen LogP contribution in [0.25, 0.3) is 0 Å². The van der Waals surface area contributed by atoms with E-state index < -0.39 is 24.5 Å². The Hall–Kier alpha value is -3.03. The molecular formula is C17H16N4O4. The van der Waals surface area contributed by atoms with Gasteiger partial charge >= 0.3 is 5.97 Å². The van der Waals surface area contributed by atoms with Crippen LogP contribution in [0.1, 0.15) is 30.9 Å². The topological polar surface area (TPSA) is 107 Å². The van der Waals surface area contributed by atoms with Crippen LogP contribution in [0, 0.1) is 5.92 Å². The van der Waals surface area contributed by atoms with E-state index in [1.54, 1.807) is 16.8 Å². The molecule has 1 saturated carbocycles. The summed E-state index contributed by atoms with van der Waals surface area (Å²) in [6.45, 7) is -0.451. The normalized spacial score (nSPS) is 21.9. The number of aliphatic imine (C=N–C) groups is 1. The van der Waals surface area contributed by atoms with Gasteiger partial charge in [0.25, 0.3) is 0 Å². The highest BCUT2D eigenvalue weighted by Gasteiger charge is 2.42. The Morgan fingerprint density at radius 1 is 1.32 bits per heavy atom. The maximum atomic E-state index is 12.6. The number of para-hydroxylation sites is 1. The number of hydrogen-bond acceptors (Lipinski definition) is 6. The SMILES string of the molecule is O=C(O)COc1ccccc1C1C2C(=O)CCCC2=Nc2ncnn21. The molecule has 4 rings (SSSR count). The number of hydrogen-bond donors (Lipinski definition) is 1. The molecule has 1 aromatic heterocycles. The highest BCUT2D eigenvalue weighted by molar-refractivity contribution is 6.09. The van der Waals surface area contributed by atoms with Gasteiger partial charge in [-0.1, -0.05) is 18.2 Å². The minimum absolute atomic E-state index is 0.115. The van der Waals surface area contributed by atoms with Crippen molar-refractivity contribution in [3.8, 4) is 5.75 Å². The Labute approximate surface area is 143 Å². The van der Waals surface area contributed by atoms with Crippen LogP contribution in [0.15, 0.2) is 35.6 Å². The van der Waals surface area contributed by atoms with Gasteiger partial charge < -0.3 is 9.84 Å². The molecule has 2 heterocycles. The molecular weight excluding hydrogens is 324 g/mol. The highest BCUT2D eigenvalue weighted by Crippen LogP contribution is 2.42. The van der Waals surface area contributed by atoms with Gasteiger partial charge in [-0.05, 0) is 18.9 Å². The predicted molar refractivity (Wildman–Crippen MR) is 87.2 cm³/mol. The van der Waals surface area contributed by atoms with E-state index in [4.69, 9.17) is 9.84 Å². The number of aliphatic carboxylic acids is 1. The monoisotopic (exact) mass is 340 g/mol. The standard InChI is InChI=1S/C17H16N4O4/c22-12-6-3-5-11-15(12)16(21-17(20-11)18-9-19-21)10-4-1-2-7-13(10)25-8-14(23)24/h1-2,4,7,9,15-16H,3,5-6,8H2,(H,23,24). The maximum Gasteiger partial charge on any atom is 0.341 e. The number of carboxylic acids is 1. The van der Waals surface area contributed by atoms with Crippen LogP contribution < -0.4 is 4.74 Å². The Bertz CT molecular complexity index is 873. The zero-order valence-electron chi connectivity index (χ0n) is 13.3. The fraction of sp³-hybridized carbons (Fsp3) is 0.353. The number of carboxylic acid groups (broad SMARTS) is 1. The molecule has 25 heavy (non-hydrogen) atoms. The van der Waals surface area contributed by atoms with E-state index in [0.29, 0.717) is 23.7 Å². The van der Waals surface area contributed by atoms with Crippen LogP contribution in [0.2, 0.25) is 0 Å². The molecule has 0 spiro atoms. The van der Waals surface area contributed by atoms with E-state index >= 15 is 0 Å². The second kappa shape index (κ2) is 6.12. The van der Waals surface area contributed by atoms with E-state index in [0.717, 1.165) is 18.6 Å². The average molecular weight is 340 g/mol. The third-order valence-corrected chi connectivity index (χ3v) is 4.53. The molecule has 8 heteroatoms. The molecule has 2 aliphatic rings. The summed E-state index contributed by atoms with van der Waals surface area (Å²) < 4.78 is 7.07. The largest absolute Gasteiger partial charge is 0.482 e. The molecule has 0 radical (unpaired) electrons. The van der Waals surface area contributed by atoms with Crippen LogP contribution in [-0.4, -0.2) is 43.9 Å². The van der Waals surface area contributed by atoms with Crippen molar-refractivity contribution in [3.05, 3.63) is 36.2 Å². The lowest BCUT2D eigenvalue weighted by Crippen LogP contribution is -2.39. The lowest BCUT2D eigenvalue weighted by molar-refractivity contribution is -0.139. The van der Waals surface area contributed by atoms with E-state index in [2.05, 4.69) is 15.1 Å². The summed E-state index contributed by atoms with van der Waals surface area (Å²) in [6, 6.07) is 6.70. The van der Waals surface area contributed by atoms with Gasteiger partial charge in [-0.3, -0.25) is 4.79 Å². The first-order valence-corrected chi connectivity index (χ1v) is 8.08. The fourth-order valence-corrected chi connectivity index (χ4v) is 3.52. The van der Waals surface area contributed by atoms with Crippen LogP contribution in [0.5, 0.6) is 5.75 Å². The van der Waals surface area contributed by atoms with E-state index in [-0.39, 0.29) is 5.78 Å². The molecule has 128 valence electrons. The molecule has 0 bridgehead atoms. The first kappa shape index (κ1) is 15.5. The molecule has 2 atom stereocenters. The summed E-state index contributed by atoms with van der Waals surface area (Å²) in [5.41, 5.74) is 1.53. The molecule has 0 saturated heterocycles. The smallest absolute Gasteiger partial charge is 0.341 e. The van der Waals surface area contributed by atoms with Gasteiger partial charge in [0.2, 0.25) is 5.95 Å². The Kier molecular flexibility index (Phi) is 3.79. The zero-order chi connectivity index (χ0) is 17.4. The van der Waals surface area contributed by atoms with Crippen molar-refractivity contribution in [2.75, 3.05) is 6.61 Å². The Balaban J connectivity index is 1.82. The fourth-order valence-electron chi connectivity index (χ4n) is 3.52. The number of rotatable bonds is 4. The van der Waals surface area contributed by atoms with Gasteiger partial charge in [0, 0.05) is 17.7 Å². The number of nitrogens with zero attached hydrogens (tertiary/aromatic N) is 4. The number of carbonyl (C=O) groups excluding carboxylic acids is 1. The molecule has 1 aliphatic carbocycles. The third kappa shape index (κ3) is 2.69. The van der Waals surface area contributed by atoms with Crippen LogP contribution in [0.4, 0.5) is 5.95 Å². The second-order valence-corrected chi connectivity index (χ2v) is 6.07. The number of benzene rings is 1. The second-order valence-electron chi connectivity index (χ2n) is 6.07. The van der Waals surface area contributed by atoms with Gasteiger partial charge in [-0.2, -0.15) is 10.1 Å². The number of ketones is 1. The Morgan fingerprint density at radius 3 is 3.00 bits per heavy atom. The molecule has 1 N–H and O–H groups in total. The highest BCUT2D eigenvalue weighted by atomic mass is 16.5. The molecule has 1 aromatic carbocycles. The summed E-state index contributed by atoms with van der Waals surface area (Å²) in [5.74, 6) is -0.479. The van der Waals surface area contributed by atoms with Crippen molar-refractivity contribution in [2.24, 2.45) is 10.9 Å². The zero-order valence-corrected chi connectivity index (χ0v) is 13.3. The number of carbonyl (C=O) groups is 2. The first-order valence-electron chi connectivity index (χ1n) is 8.08. The van der Waals surface area contributed by atoms with Crippen molar-refractivity contribution in [1.29, 1.82) is 0 Å². The predicted octanol–water partition coefficient (Wildman–Crippen LogP) is 1.79. The van der Waals surface area contributed by atoms with Crippen molar-refractivity contribution >= 4 is 23.4 Å². The van der Waals surface area contributed by atoms with Gasteiger partial charge in [-0.25, -0.2) is 14.5 Å². The summed E-state index contributed by atoms with van der Waals surface area (Å²) in [7, 11) is 0. The summed E-state index contributed by atoms with van der Waals surface area (Å²) in [6.07, 6.45) is 3.45. The van der Waals surface area contributed by atoms with Gasteiger partial charge in [-0.15, -0.1) is 0 Å². The Morgan fingerprint density at radius 2 is 2.16 bits per heavy atom. The summed E-state index contributed by atoms with van der Waals surface area (Å²) in [5, 5.41) is 13.2. The van der Waals surface area contributed by atoms with Crippen molar-refractivity contribution < 1.29 is 19.4 Å². The van der Waals surface area contributed by atoms with Gasteiger partial charge in [0.05, 0.1) is 12.0 Å². The number of ether oxygens (including phenoxy) is 1. The van der Waals surface area contributed by atoms with Crippen molar-refractivity contribution in [1.82, 2.24) is 14.8 Å². The summed E-state index contributed by atoms with van der Waals surface area (Å²) >= 11 is 0. The molecule has 1 aliphatic heterocycles. The molecule has 2 unspecified atom stereocenters.